The summed E-state index contributed by atoms with van der Waals surface area (Å²) in [6.45, 7) is 0. The summed E-state index contributed by atoms with van der Waals surface area (Å²) >= 11 is 0. The van der Waals surface area contributed by atoms with Gasteiger partial charge in [-0.2, -0.15) is 0 Å². The van der Waals surface area contributed by atoms with E-state index in [0.717, 1.165) is 11.8 Å². The van der Waals surface area contributed by atoms with Gasteiger partial charge in [0.1, 0.15) is 12.1 Å². The van der Waals surface area contributed by atoms with E-state index in [4.69, 9.17) is 0 Å². The van der Waals surface area contributed by atoms with Crippen LogP contribution in [0.5, 0.6) is 0 Å². The van der Waals surface area contributed by atoms with Crippen molar-refractivity contribution in [3.8, 4) is 0 Å². The number of halogens is 1. The maximum Gasteiger partial charge on any atom is 0.163 e. The number of benzene rings is 2. The molecule has 0 N–H and O–H groups in total. The maximum atomic E-state index is 12.9. The molecule has 0 radical (unpaired) electrons. The average molecular weight is 270 g/mol. The average Bonchev–Trinajstić information content (AvgIpc) is 2.48. The predicted molar refractivity (Wildman–Crippen MR) is 75.2 cm³/mol. The van der Waals surface area contributed by atoms with Gasteiger partial charge in [-0.15, -0.1) is 0 Å². The third-order valence-corrected chi connectivity index (χ3v) is 3.25. The Morgan fingerprint density at radius 3 is 2.30 bits per heavy atom. The molecule has 2 aromatic rings. The van der Waals surface area contributed by atoms with E-state index in [1.165, 1.54) is 12.1 Å². The molecule has 0 bridgehead atoms. The van der Waals surface area contributed by atoms with Gasteiger partial charge in [0.05, 0.1) is 0 Å². The molecule has 2 nitrogen and oxygen atoms in total. The number of hydrogen-bond acceptors (Lipinski definition) is 2. The predicted octanol–water partition coefficient (Wildman–Crippen LogP) is 3.77. The molecule has 2 aromatic carbocycles. The van der Waals surface area contributed by atoms with Crippen molar-refractivity contribution in [2.24, 2.45) is 0 Å². The molecule has 0 aliphatic carbocycles. The summed E-state index contributed by atoms with van der Waals surface area (Å²) in [4.78, 5) is 23.0. The molecule has 0 spiro atoms. The van der Waals surface area contributed by atoms with Crippen molar-refractivity contribution in [2.45, 2.75) is 18.8 Å². The number of aldehydes is 1. The highest BCUT2D eigenvalue weighted by atomic mass is 19.1. The first-order valence-electron chi connectivity index (χ1n) is 6.48. The van der Waals surface area contributed by atoms with E-state index in [1.54, 1.807) is 36.4 Å². The van der Waals surface area contributed by atoms with Crippen LogP contribution in [0.1, 0.15) is 34.7 Å². The molecule has 1 atom stereocenters. The van der Waals surface area contributed by atoms with Crippen LogP contribution in [0.3, 0.4) is 0 Å². The number of Topliss-reactive ketones (excluding diaryl/α,β-unsaturated/α-hetero) is 1. The van der Waals surface area contributed by atoms with E-state index in [2.05, 4.69) is 0 Å². The van der Waals surface area contributed by atoms with Gasteiger partial charge >= 0.3 is 0 Å². The Kier molecular flexibility index (Phi) is 4.77. The van der Waals surface area contributed by atoms with Gasteiger partial charge in [-0.3, -0.25) is 4.79 Å². The van der Waals surface area contributed by atoms with Crippen LogP contribution < -0.4 is 0 Å². The molecule has 3 heteroatoms. The molecule has 0 aliphatic heterocycles. The highest BCUT2D eigenvalue weighted by Crippen LogP contribution is 2.24. The Morgan fingerprint density at radius 2 is 1.70 bits per heavy atom. The lowest BCUT2D eigenvalue weighted by atomic mass is 9.89. The standard InChI is InChI=1S/C17H15FO2/c18-16-8-6-13(7-9-16)15(10-11-19)12-17(20)14-4-2-1-3-5-14/h1-9,11,15H,10,12H2/t15-/m0/s1. The van der Waals surface area contributed by atoms with E-state index < -0.39 is 0 Å². The van der Waals surface area contributed by atoms with E-state index >= 15 is 0 Å². The van der Waals surface area contributed by atoms with Crippen LogP contribution in [0.4, 0.5) is 4.39 Å². The number of carbonyl (C=O) groups excluding carboxylic acids is 2. The second-order valence-electron chi connectivity index (χ2n) is 4.64. The zero-order valence-electron chi connectivity index (χ0n) is 11.0. The third-order valence-electron chi connectivity index (χ3n) is 3.25. The van der Waals surface area contributed by atoms with Gasteiger partial charge in [-0.1, -0.05) is 42.5 Å². The fourth-order valence-electron chi connectivity index (χ4n) is 2.15. The fourth-order valence-corrected chi connectivity index (χ4v) is 2.15. The van der Waals surface area contributed by atoms with Crippen LogP contribution in [0.2, 0.25) is 0 Å². The minimum absolute atomic E-state index is 0.0122. The van der Waals surface area contributed by atoms with Crippen LogP contribution in [-0.4, -0.2) is 12.1 Å². The van der Waals surface area contributed by atoms with Gasteiger partial charge in [0, 0.05) is 18.4 Å². The summed E-state index contributed by atoms with van der Waals surface area (Å²) < 4.78 is 12.9. The first-order chi connectivity index (χ1) is 9.70. The molecular formula is C17H15FO2. The molecule has 0 amide bonds. The van der Waals surface area contributed by atoms with E-state index in [-0.39, 0.29) is 30.4 Å². The van der Waals surface area contributed by atoms with Crippen LogP contribution in [0.15, 0.2) is 54.6 Å². The third kappa shape index (κ3) is 3.60. The SMILES string of the molecule is O=CC[C@@H](CC(=O)c1ccccc1)c1ccc(F)cc1. The highest BCUT2D eigenvalue weighted by Gasteiger charge is 2.17. The van der Waals surface area contributed by atoms with Gasteiger partial charge in [-0.05, 0) is 23.6 Å². The first kappa shape index (κ1) is 14.1. The highest BCUT2D eigenvalue weighted by molar-refractivity contribution is 5.96. The normalized spacial score (nSPS) is 11.8. The maximum absolute atomic E-state index is 12.9. The quantitative estimate of drug-likeness (QED) is 0.591. The smallest absolute Gasteiger partial charge is 0.163 e. The topological polar surface area (TPSA) is 34.1 Å². The van der Waals surface area contributed by atoms with Crippen LogP contribution in [0.25, 0.3) is 0 Å². The lowest BCUT2D eigenvalue weighted by molar-refractivity contribution is -0.108. The van der Waals surface area contributed by atoms with Gasteiger partial charge in [-0.25, -0.2) is 4.39 Å². The molecular weight excluding hydrogens is 255 g/mol. The summed E-state index contributed by atoms with van der Waals surface area (Å²) in [5.41, 5.74) is 1.44. The first-order valence-corrected chi connectivity index (χ1v) is 6.48. The number of carbonyl (C=O) groups is 2. The molecule has 0 heterocycles. The molecule has 2 rings (SSSR count). The van der Waals surface area contributed by atoms with E-state index in [9.17, 15) is 14.0 Å². The lowest BCUT2D eigenvalue weighted by Crippen LogP contribution is -2.08. The van der Waals surface area contributed by atoms with E-state index in [0.29, 0.717) is 5.56 Å². The number of hydrogen-bond donors (Lipinski definition) is 0. The largest absolute Gasteiger partial charge is 0.303 e. The zero-order valence-corrected chi connectivity index (χ0v) is 11.0. The van der Waals surface area contributed by atoms with Crippen molar-refractivity contribution in [2.75, 3.05) is 0 Å². The molecule has 20 heavy (non-hydrogen) atoms. The number of ketones is 1. The monoisotopic (exact) mass is 270 g/mol. The summed E-state index contributed by atoms with van der Waals surface area (Å²) in [7, 11) is 0. The number of rotatable bonds is 6. The molecule has 0 saturated carbocycles. The van der Waals surface area contributed by atoms with Gasteiger partial charge in [0.15, 0.2) is 5.78 Å². The minimum Gasteiger partial charge on any atom is -0.303 e. The summed E-state index contributed by atoms with van der Waals surface area (Å²) in [6.07, 6.45) is 1.30. The van der Waals surface area contributed by atoms with Crippen molar-refractivity contribution < 1.29 is 14.0 Å². The van der Waals surface area contributed by atoms with Gasteiger partial charge < -0.3 is 4.79 Å². The molecule has 0 aliphatic rings. The van der Waals surface area contributed by atoms with Gasteiger partial charge in [0.25, 0.3) is 0 Å². The molecule has 0 fully saturated rings. The fraction of sp³-hybridized carbons (Fsp3) is 0.176. The molecule has 0 saturated heterocycles. The summed E-state index contributed by atoms with van der Waals surface area (Å²) in [5, 5.41) is 0. The Morgan fingerprint density at radius 1 is 1.05 bits per heavy atom. The lowest BCUT2D eigenvalue weighted by Gasteiger charge is -2.14. The Balaban J connectivity index is 2.15. The van der Waals surface area contributed by atoms with Crippen molar-refractivity contribution in [1.82, 2.24) is 0 Å². The van der Waals surface area contributed by atoms with Crippen molar-refractivity contribution in [3.63, 3.8) is 0 Å². The minimum atomic E-state index is -0.326. The molecule has 0 aromatic heterocycles. The zero-order chi connectivity index (χ0) is 14.4. The Labute approximate surface area is 117 Å². The van der Waals surface area contributed by atoms with Crippen LogP contribution >= 0.6 is 0 Å². The second kappa shape index (κ2) is 6.75. The summed E-state index contributed by atoms with van der Waals surface area (Å²) in [5.74, 6) is -0.546. The van der Waals surface area contributed by atoms with Crippen molar-refractivity contribution >= 4 is 12.1 Å². The van der Waals surface area contributed by atoms with Crippen molar-refractivity contribution in [1.29, 1.82) is 0 Å². The van der Waals surface area contributed by atoms with E-state index in [1.807, 2.05) is 6.07 Å². The van der Waals surface area contributed by atoms with Crippen LogP contribution in [0, 0.1) is 5.82 Å². The molecule has 0 unspecified atom stereocenters. The molecule has 102 valence electrons. The van der Waals surface area contributed by atoms with Crippen LogP contribution in [-0.2, 0) is 4.79 Å². The van der Waals surface area contributed by atoms with Crippen molar-refractivity contribution in [3.05, 3.63) is 71.5 Å². The Bertz CT molecular complexity index is 576. The summed E-state index contributed by atoms with van der Waals surface area (Å²) in [6, 6.07) is 14.9. The Hall–Kier alpha value is -2.29. The van der Waals surface area contributed by atoms with Gasteiger partial charge in [0.2, 0.25) is 0 Å². The second-order valence-corrected chi connectivity index (χ2v) is 4.64.